The predicted molar refractivity (Wildman–Crippen MR) is 113 cm³/mol. The predicted octanol–water partition coefficient (Wildman–Crippen LogP) is 4.22. The molecule has 1 N–H and O–H groups in total. The lowest BCUT2D eigenvalue weighted by atomic mass is 10.2. The highest BCUT2D eigenvalue weighted by atomic mass is 16.5. The average molecular weight is 408 g/mol. The zero-order chi connectivity index (χ0) is 21.3. The number of hydrogen-bond acceptors (Lipinski definition) is 6. The molecular weight excluding hydrogens is 384 g/mol. The maximum Gasteiger partial charge on any atom is 0.251 e. The van der Waals surface area contributed by atoms with Crippen LogP contribution in [0.2, 0.25) is 0 Å². The van der Waals surface area contributed by atoms with Crippen molar-refractivity contribution >= 4 is 5.91 Å². The van der Waals surface area contributed by atoms with Crippen LogP contribution in [0.4, 0.5) is 0 Å². The van der Waals surface area contributed by atoms with Crippen LogP contribution in [0.3, 0.4) is 0 Å². The lowest BCUT2D eigenvalue weighted by molar-refractivity contribution is 0.0950. The molecule has 1 heterocycles. The number of ether oxygens (including phenoxy) is 4. The van der Waals surface area contributed by atoms with Crippen molar-refractivity contribution in [2.75, 3.05) is 20.8 Å². The molecule has 0 radical (unpaired) electrons. The second-order valence-electron chi connectivity index (χ2n) is 6.27. The largest absolute Gasteiger partial charge is 0.497 e. The van der Waals surface area contributed by atoms with Crippen molar-refractivity contribution in [1.29, 1.82) is 0 Å². The number of methoxy groups -OCH3 is 2. The Morgan fingerprint density at radius 1 is 0.967 bits per heavy atom. The average Bonchev–Trinajstić information content (AvgIpc) is 2.79. The number of carbonyl (C=O) groups is 1. The van der Waals surface area contributed by atoms with E-state index in [1.54, 1.807) is 50.7 Å². The lowest BCUT2D eigenvalue weighted by Crippen LogP contribution is -2.22. The molecule has 1 amide bonds. The van der Waals surface area contributed by atoms with E-state index < -0.39 is 0 Å². The van der Waals surface area contributed by atoms with Gasteiger partial charge in [0.1, 0.15) is 11.5 Å². The Balaban J connectivity index is 1.58. The number of aromatic nitrogens is 1. The molecule has 2 aromatic carbocycles. The zero-order valence-corrected chi connectivity index (χ0v) is 17.2. The number of pyridine rings is 1. The SMILES string of the molecule is CCOc1ccc(C(=O)NCc2ccc(Oc3cccc(OC)c3)nc2)cc1OC. The topological polar surface area (TPSA) is 78.9 Å². The van der Waals surface area contributed by atoms with Crippen molar-refractivity contribution in [3.8, 4) is 28.9 Å². The Morgan fingerprint density at radius 2 is 1.80 bits per heavy atom. The molecule has 0 unspecified atom stereocenters. The Labute approximate surface area is 175 Å². The molecule has 156 valence electrons. The quantitative estimate of drug-likeness (QED) is 0.571. The van der Waals surface area contributed by atoms with E-state index in [1.165, 1.54) is 0 Å². The fourth-order valence-electron chi connectivity index (χ4n) is 2.73. The van der Waals surface area contributed by atoms with Gasteiger partial charge >= 0.3 is 0 Å². The van der Waals surface area contributed by atoms with Crippen LogP contribution in [0.1, 0.15) is 22.8 Å². The highest BCUT2D eigenvalue weighted by Crippen LogP contribution is 2.28. The number of rotatable bonds is 9. The maximum absolute atomic E-state index is 12.5. The first-order valence-corrected chi connectivity index (χ1v) is 9.48. The van der Waals surface area contributed by atoms with Gasteiger partial charge in [-0.3, -0.25) is 4.79 Å². The van der Waals surface area contributed by atoms with E-state index in [0.29, 0.717) is 47.6 Å². The molecule has 7 nitrogen and oxygen atoms in total. The van der Waals surface area contributed by atoms with Crippen molar-refractivity contribution in [2.24, 2.45) is 0 Å². The highest BCUT2D eigenvalue weighted by molar-refractivity contribution is 5.94. The van der Waals surface area contributed by atoms with Gasteiger partial charge in [-0.05, 0) is 42.8 Å². The molecule has 7 heteroatoms. The fourth-order valence-corrected chi connectivity index (χ4v) is 2.73. The van der Waals surface area contributed by atoms with Crippen LogP contribution in [0, 0.1) is 0 Å². The fraction of sp³-hybridized carbons (Fsp3) is 0.217. The van der Waals surface area contributed by atoms with Crippen LogP contribution in [-0.2, 0) is 6.54 Å². The van der Waals surface area contributed by atoms with Crippen LogP contribution >= 0.6 is 0 Å². The summed E-state index contributed by atoms with van der Waals surface area (Å²) in [7, 11) is 3.14. The molecule has 1 aromatic heterocycles. The minimum Gasteiger partial charge on any atom is -0.497 e. The summed E-state index contributed by atoms with van der Waals surface area (Å²) in [6, 6.07) is 16.0. The van der Waals surface area contributed by atoms with Crippen LogP contribution in [-0.4, -0.2) is 31.7 Å². The molecule has 0 aliphatic carbocycles. The van der Waals surface area contributed by atoms with Crippen molar-refractivity contribution in [2.45, 2.75) is 13.5 Å². The number of amides is 1. The minimum absolute atomic E-state index is 0.215. The molecule has 0 bridgehead atoms. The number of nitrogens with zero attached hydrogens (tertiary/aromatic N) is 1. The summed E-state index contributed by atoms with van der Waals surface area (Å²) in [5.74, 6) is 2.70. The molecule has 0 aliphatic rings. The van der Waals surface area contributed by atoms with E-state index in [9.17, 15) is 4.79 Å². The highest BCUT2D eigenvalue weighted by Gasteiger charge is 2.11. The third-order valence-electron chi connectivity index (χ3n) is 4.24. The van der Waals surface area contributed by atoms with Crippen LogP contribution in [0.25, 0.3) is 0 Å². The first-order valence-electron chi connectivity index (χ1n) is 9.48. The number of carbonyl (C=O) groups excluding carboxylic acids is 1. The first-order chi connectivity index (χ1) is 14.6. The third-order valence-corrected chi connectivity index (χ3v) is 4.24. The molecule has 0 spiro atoms. The maximum atomic E-state index is 12.5. The van der Waals surface area contributed by atoms with Crippen LogP contribution < -0.4 is 24.3 Å². The minimum atomic E-state index is -0.215. The molecule has 0 atom stereocenters. The summed E-state index contributed by atoms with van der Waals surface area (Å²) in [4.78, 5) is 16.7. The molecular formula is C23H24N2O5. The normalized spacial score (nSPS) is 10.2. The van der Waals surface area contributed by atoms with Gasteiger partial charge in [-0.2, -0.15) is 0 Å². The van der Waals surface area contributed by atoms with E-state index >= 15 is 0 Å². The number of hydrogen-bond donors (Lipinski definition) is 1. The first kappa shape index (κ1) is 21.0. The second-order valence-corrected chi connectivity index (χ2v) is 6.27. The number of nitrogens with one attached hydrogen (secondary N) is 1. The molecule has 0 fully saturated rings. The molecule has 0 saturated heterocycles. The zero-order valence-electron chi connectivity index (χ0n) is 17.2. The Kier molecular flexibility index (Phi) is 7.10. The summed E-state index contributed by atoms with van der Waals surface area (Å²) < 4.78 is 21.7. The van der Waals surface area contributed by atoms with Gasteiger partial charge in [0.25, 0.3) is 5.91 Å². The summed E-state index contributed by atoms with van der Waals surface area (Å²) in [5, 5.41) is 2.87. The Morgan fingerprint density at radius 3 is 2.50 bits per heavy atom. The van der Waals surface area contributed by atoms with E-state index in [1.807, 2.05) is 31.2 Å². The van der Waals surface area contributed by atoms with Gasteiger partial charge in [0.15, 0.2) is 11.5 Å². The Hall–Kier alpha value is -3.74. The van der Waals surface area contributed by atoms with Gasteiger partial charge in [-0.15, -0.1) is 0 Å². The summed E-state index contributed by atoms with van der Waals surface area (Å²) in [6.45, 7) is 2.74. The van der Waals surface area contributed by atoms with Crippen molar-refractivity contribution in [1.82, 2.24) is 10.3 Å². The smallest absolute Gasteiger partial charge is 0.251 e. The van der Waals surface area contributed by atoms with Gasteiger partial charge in [0.05, 0.1) is 20.8 Å². The molecule has 3 rings (SSSR count). The monoisotopic (exact) mass is 408 g/mol. The third kappa shape index (κ3) is 5.41. The summed E-state index contributed by atoms with van der Waals surface area (Å²) in [6.07, 6.45) is 1.66. The van der Waals surface area contributed by atoms with Crippen molar-refractivity contribution in [3.63, 3.8) is 0 Å². The molecule has 3 aromatic rings. The van der Waals surface area contributed by atoms with Gasteiger partial charge < -0.3 is 24.3 Å². The van der Waals surface area contributed by atoms with E-state index in [-0.39, 0.29) is 5.91 Å². The molecule has 0 saturated carbocycles. The van der Waals surface area contributed by atoms with Crippen LogP contribution in [0.15, 0.2) is 60.8 Å². The lowest BCUT2D eigenvalue weighted by Gasteiger charge is -2.11. The molecule has 0 aliphatic heterocycles. The van der Waals surface area contributed by atoms with Gasteiger partial charge in [0, 0.05) is 30.4 Å². The van der Waals surface area contributed by atoms with Crippen LogP contribution in [0.5, 0.6) is 28.9 Å². The number of benzene rings is 2. The van der Waals surface area contributed by atoms with Crippen molar-refractivity contribution < 1.29 is 23.7 Å². The van der Waals surface area contributed by atoms with E-state index in [4.69, 9.17) is 18.9 Å². The van der Waals surface area contributed by atoms with Gasteiger partial charge in [-0.1, -0.05) is 12.1 Å². The van der Waals surface area contributed by atoms with Gasteiger partial charge in [0.2, 0.25) is 5.88 Å². The second kappa shape index (κ2) is 10.2. The van der Waals surface area contributed by atoms with Gasteiger partial charge in [-0.25, -0.2) is 4.98 Å². The standard InChI is InChI=1S/C23H24N2O5/c1-4-29-20-10-9-17(12-21(20)28-3)23(26)25-15-16-8-11-22(24-14-16)30-19-7-5-6-18(13-19)27-2/h5-14H,4,15H2,1-3H3,(H,25,26). The van der Waals surface area contributed by atoms with E-state index in [0.717, 1.165) is 5.56 Å². The van der Waals surface area contributed by atoms with Crippen molar-refractivity contribution in [3.05, 3.63) is 71.9 Å². The summed E-state index contributed by atoms with van der Waals surface area (Å²) >= 11 is 0. The van der Waals surface area contributed by atoms with E-state index in [2.05, 4.69) is 10.3 Å². The Bertz CT molecular complexity index is 989. The molecule has 30 heavy (non-hydrogen) atoms. The summed E-state index contributed by atoms with van der Waals surface area (Å²) in [5.41, 5.74) is 1.33.